The van der Waals surface area contributed by atoms with E-state index in [1.54, 1.807) is 13.2 Å². The fourth-order valence-electron chi connectivity index (χ4n) is 5.60. The van der Waals surface area contributed by atoms with Crippen LogP contribution >= 0.6 is 0 Å². The van der Waals surface area contributed by atoms with E-state index < -0.39 is 11.6 Å². The van der Waals surface area contributed by atoms with Gasteiger partial charge >= 0.3 is 6.03 Å². The van der Waals surface area contributed by atoms with Crippen LogP contribution < -0.4 is 19.5 Å². The van der Waals surface area contributed by atoms with Crippen molar-refractivity contribution >= 4 is 11.9 Å². The van der Waals surface area contributed by atoms with Crippen molar-refractivity contribution in [1.82, 2.24) is 15.1 Å². The lowest BCUT2D eigenvalue weighted by Crippen LogP contribution is -2.56. The number of amides is 3. The molecule has 2 fully saturated rings. The van der Waals surface area contributed by atoms with E-state index >= 15 is 0 Å². The van der Waals surface area contributed by atoms with E-state index in [0.717, 1.165) is 31.5 Å². The van der Waals surface area contributed by atoms with Crippen molar-refractivity contribution in [2.45, 2.75) is 44.4 Å². The van der Waals surface area contributed by atoms with Crippen LogP contribution in [-0.2, 0) is 11.3 Å². The summed E-state index contributed by atoms with van der Waals surface area (Å²) in [5, 5.41) is 13.4. The van der Waals surface area contributed by atoms with Crippen molar-refractivity contribution < 1.29 is 28.9 Å². The molecule has 3 heterocycles. The molecule has 3 aliphatic rings. The van der Waals surface area contributed by atoms with Gasteiger partial charge in [0.2, 0.25) is 0 Å². The van der Waals surface area contributed by atoms with Gasteiger partial charge in [0.15, 0.2) is 17.6 Å². The maximum Gasteiger partial charge on any atom is 0.325 e. The van der Waals surface area contributed by atoms with Gasteiger partial charge in [0, 0.05) is 18.2 Å². The average Bonchev–Trinajstić information content (AvgIpc) is 3.15. The van der Waals surface area contributed by atoms with Gasteiger partial charge in [-0.05, 0) is 56.5 Å². The Morgan fingerprint density at radius 3 is 2.58 bits per heavy atom. The number of benzene rings is 2. The fourth-order valence-corrected chi connectivity index (χ4v) is 5.60. The van der Waals surface area contributed by atoms with E-state index in [1.807, 2.05) is 43.3 Å². The van der Waals surface area contributed by atoms with Gasteiger partial charge in [0.1, 0.15) is 23.6 Å². The Morgan fingerprint density at radius 1 is 1.14 bits per heavy atom. The maximum absolute atomic E-state index is 13.7. The van der Waals surface area contributed by atoms with Gasteiger partial charge in [-0.25, -0.2) is 4.79 Å². The number of carbonyl (C=O) groups excluding carboxylic acids is 2. The molecule has 0 bridgehead atoms. The van der Waals surface area contributed by atoms with Crippen LogP contribution in [0.3, 0.4) is 0 Å². The number of carbonyl (C=O) groups is 2. The summed E-state index contributed by atoms with van der Waals surface area (Å²) in [4.78, 5) is 30.2. The molecule has 2 aromatic rings. The number of nitrogens with zero attached hydrogens (tertiary/aromatic N) is 2. The van der Waals surface area contributed by atoms with E-state index in [9.17, 15) is 14.7 Å². The highest BCUT2D eigenvalue weighted by Gasteiger charge is 2.55. The Balaban J connectivity index is 1.21. The molecule has 192 valence electrons. The number of hydrogen-bond acceptors (Lipinski definition) is 7. The molecule has 0 aliphatic carbocycles. The molecule has 0 spiro atoms. The molecule has 0 radical (unpaired) electrons. The number of para-hydroxylation sites is 2. The van der Waals surface area contributed by atoms with Crippen molar-refractivity contribution in [3.8, 4) is 23.0 Å². The summed E-state index contributed by atoms with van der Waals surface area (Å²) < 4.78 is 16.9. The third kappa shape index (κ3) is 4.43. The highest BCUT2D eigenvalue weighted by molar-refractivity contribution is 6.07. The smallest absolute Gasteiger partial charge is 0.325 e. The first kappa shape index (κ1) is 24.2. The molecule has 2 N–H and O–H groups in total. The van der Waals surface area contributed by atoms with Crippen LogP contribution in [0.15, 0.2) is 42.5 Å². The van der Waals surface area contributed by atoms with Crippen LogP contribution in [0.5, 0.6) is 23.0 Å². The number of aromatic hydroxyl groups is 1. The molecule has 36 heavy (non-hydrogen) atoms. The number of methoxy groups -OCH3 is 1. The molecular weight excluding hydrogens is 462 g/mol. The molecule has 2 aromatic carbocycles. The number of piperidine rings is 1. The third-order valence-electron chi connectivity index (χ3n) is 7.68. The molecule has 2 atom stereocenters. The number of nitrogens with one attached hydrogen (secondary N) is 1. The normalized spacial score (nSPS) is 24.6. The zero-order valence-corrected chi connectivity index (χ0v) is 20.7. The van der Waals surface area contributed by atoms with Gasteiger partial charge in [0.25, 0.3) is 5.91 Å². The lowest BCUT2D eigenvalue weighted by Gasteiger charge is -2.40. The summed E-state index contributed by atoms with van der Waals surface area (Å²) in [5.41, 5.74) is -0.0640. The summed E-state index contributed by atoms with van der Waals surface area (Å²) in [7, 11) is 1.57. The van der Waals surface area contributed by atoms with Crippen LogP contribution in [0.4, 0.5) is 4.79 Å². The van der Waals surface area contributed by atoms with Crippen molar-refractivity contribution in [2.24, 2.45) is 5.92 Å². The maximum atomic E-state index is 13.7. The minimum atomic E-state index is -0.904. The lowest BCUT2D eigenvalue weighted by molar-refractivity contribution is -0.135. The van der Waals surface area contributed by atoms with Crippen LogP contribution in [0.1, 0.15) is 31.7 Å². The minimum Gasteiger partial charge on any atom is -0.507 e. The zero-order valence-electron chi connectivity index (χ0n) is 20.7. The minimum absolute atomic E-state index is 0.0360. The predicted octanol–water partition coefficient (Wildman–Crippen LogP) is 3.15. The number of urea groups is 1. The van der Waals surface area contributed by atoms with E-state index in [-0.39, 0.29) is 36.8 Å². The standard InChI is InChI=1S/C27H33N3O6/c1-3-27(19-10-12-29(13-11-19)15-18-8-9-20(34-2)14-22(18)31)25(32)30(26(33)28-27)16-21-17-35-23-6-4-5-7-24(23)36-21/h4-9,14,19,21,31H,3,10-13,15-17H2,1-2H3,(H,28,33)/t21-,27-/m1/s1. The van der Waals surface area contributed by atoms with Gasteiger partial charge in [-0.2, -0.15) is 0 Å². The monoisotopic (exact) mass is 495 g/mol. The number of hydrogen-bond donors (Lipinski definition) is 2. The SMILES string of the molecule is CC[C@]1(C2CCN(Cc3ccc(OC)cc3O)CC2)NC(=O)N(C[C@@H]2COc3ccccc3O2)C1=O. The molecule has 5 rings (SSSR count). The van der Waals surface area contributed by atoms with Crippen LogP contribution in [0, 0.1) is 5.92 Å². The predicted molar refractivity (Wildman–Crippen MR) is 132 cm³/mol. The molecule has 9 heteroatoms. The number of likely N-dealkylation sites (tertiary alicyclic amines) is 1. The molecule has 0 unspecified atom stereocenters. The third-order valence-corrected chi connectivity index (χ3v) is 7.68. The van der Waals surface area contributed by atoms with Crippen LogP contribution in [0.25, 0.3) is 0 Å². The molecule has 0 saturated carbocycles. The fraction of sp³-hybridized carbons (Fsp3) is 0.481. The Labute approximate surface area is 210 Å². The van der Waals surface area contributed by atoms with Crippen molar-refractivity contribution in [1.29, 1.82) is 0 Å². The summed E-state index contributed by atoms with van der Waals surface area (Å²) in [6, 6.07) is 12.4. The average molecular weight is 496 g/mol. The first-order valence-corrected chi connectivity index (χ1v) is 12.5. The second kappa shape index (κ2) is 9.89. The first-order valence-electron chi connectivity index (χ1n) is 12.5. The number of ether oxygens (including phenoxy) is 3. The van der Waals surface area contributed by atoms with Gasteiger partial charge in [-0.1, -0.05) is 25.1 Å². The van der Waals surface area contributed by atoms with Crippen molar-refractivity contribution in [3.63, 3.8) is 0 Å². The van der Waals surface area contributed by atoms with E-state index in [2.05, 4.69) is 10.2 Å². The van der Waals surface area contributed by atoms with Crippen molar-refractivity contribution in [2.75, 3.05) is 33.4 Å². The number of phenolic OH excluding ortho intramolecular Hbond substituents is 1. The largest absolute Gasteiger partial charge is 0.507 e. The number of imide groups is 1. The van der Waals surface area contributed by atoms with Gasteiger partial charge in [-0.15, -0.1) is 0 Å². The molecule has 3 amide bonds. The highest BCUT2D eigenvalue weighted by Crippen LogP contribution is 2.38. The molecule has 9 nitrogen and oxygen atoms in total. The van der Waals surface area contributed by atoms with E-state index in [0.29, 0.717) is 30.2 Å². The molecule has 2 saturated heterocycles. The Hall–Kier alpha value is -3.46. The summed E-state index contributed by atoms with van der Waals surface area (Å²) >= 11 is 0. The number of fused-ring (bicyclic) bond motifs is 1. The highest BCUT2D eigenvalue weighted by atomic mass is 16.6. The van der Waals surface area contributed by atoms with Gasteiger partial charge in [-0.3, -0.25) is 14.6 Å². The first-order chi connectivity index (χ1) is 17.4. The second-order valence-electron chi connectivity index (χ2n) is 9.71. The molecule has 0 aromatic heterocycles. The number of rotatable bonds is 7. The second-order valence-corrected chi connectivity index (χ2v) is 9.71. The quantitative estimate of drug-likeness (QED) is 0.569. The van der Waals surface area contributed by atoms with E-state index in [4.69, 9.17) is 14.2 Å². The molecular formula is C27H33N3O6. The van der Waals surface area contributed by atoms with E-state index in [1.165, 1.54) is 4.90 Å². The summed E-state index contributed by atoms with van der Waals surface area (Å²) in [5.74, 6) is 1.99. The lowest BCUT2D eigenvalue weighted by atomic mass is 9.75. The Bertz CT molecular complexity index is 1130. The van der Waals surface area contributed by atoms with Gasteiger partial charge in [0.05, 0.1) is 13.7 Å². The molecule has 3 aliphatic heterocycles. The topological polar surface area (TPSA) is 101 Å². The van der Waals surface area contributed by atoms with Crippen LogP contribution in [-0.4, -0.2) is 71.8 Å². The van der Waals surface area contributed by atoms with Crippen LogP contribution in [0.2, 0.25) is 0 Å². The number of phenols is 1. The van der Waals surface area contributed by atoms with Gasteiger partial charge < -0.3 is 24.6 Å². The zero-order chi connectivity index (χ0) is 25.3. The summed E-state index contributed by atoms with van der Waals surface area (Å²) in [6.45, 7) is 4.56. The Morgan fingerprint density at radius 2 is 1.89 bits per heavy atom. The summed E-state index contributed by atoms with van der Waals surface area (Å²) in [6.07, 6.45) is 1.67. The Kier molecular flexibility index (Phi) is 6.66. The van der Waals surface area contributed by atoms with Crippen molar-refractivity contribution in [3.05, 3.63) is 48.0 Å².